The summed E-state index contributed by atoms with van der Waals surface area (Å²) in [6.45, 7) is 0. The van der Waals surface area contributed by atoms with E-state index in [4.69, 9.17) is 18.9 Å². The van der Waals surface area contributed by atoms with E-state index in [9.17, 15) is 10.1 Å². The van der Waals surface area contributed by atoms with Crippen molar-refractivity contribution in [3.63, 3.8) is 0 Å². The summed E-state index contributed by atoms with van der Waals surface area (Å²) >= 11 is 0. The lowest BCUT2D eigenvalue weighted by atomic mass is 10.0. The minimum atomic E-state index is -0.482. The molecule has 0 fully saturated rings. The van der Waals surface area contributed by atoms with Crippen LogP contribution in [0.5, 0.6) is 23.0 Å². The van der Waals surface area contributed by atoms with Crippen molar-refractivity contribution < 1.29 is 23.7 Å². The van der Waals surface area contributed by atoms with Crippen LogP contribution < -0.4 is 18.9 Å². The zero-order chi connectivity index (χ0) is 22.2. The molecule has 0 saturated carbocycles. The summed E-state index contributed by atoms with van der Waals surface area (Å²) in [6.07, 6.45) is 1.71. The second kappa shape index (κ2) is 9.99. The summed E-state index contributed by atoms with van der Waals surface area (Å²) in [4.78, 5) is 12.4. The summed E-state index contributed by atoms with van der Waals surface area (Å²) in [5.74, 6) is 1.66. The van der Waals surface area contributed by atoms with E-state index in [-0.39, 0.29) is 0 Å². The lowest BCUT2D eigenvalue weighted by molar-refractivity contribution is 0.0734. The first-order chi connectivity index (χ1) is 15.1. The fourth-order valence-electron chi connectivity index (χ4n) is 2.91. The lowest BCUT2D eigenvalue weighted by Crippen LogP contribution is -2.08. The van der Waals surface area contributed by atoms with Gasteiger partial charge in [0.1, 0.15) is 11.5 Å². The van der Waals surface area contributed by atoms with E-state index in [1.165, 1.54) is 7.11 Å². The monoisotopic (exact) mass is 415 g/mol. The Hall–Kier alpha value is -4.24. The zero-order valence-corrected chi connectivity index (χ0v) is 17.4. The van der Waals surface area contributed by atoms with Gasteiger partial charge in [0.25, 0.3) is 0 Å². The van der Waals surface area contributed by atoms with Gasteiger partial charge in [-0.1, -0.05) is 12.1 Å². The van der Waals surface area contributed by atoms with E-state index >= 15 is 0 Å². The minimum absolute atomic E-state index is 0.374. The van der Waals surface area contributed by atoms with Gasteiger partial charge in [0.2, 0.25) is 0 Å². The second-order valence-corrected chi connectivity index (χ2v) is 6.43. The first kappa shape index (κ1) is 21.5. The summed E-state index contributed by atoms with van der Waals surface area (Å²) in [5, 5.41) is 9.65. The Morgan fingerprint density at radius 1 is 0.806 bits per heavy atom. The molecule has 3 rings (SSSR count). The quantitative estimate of drug-likeness (QED) is 0.234. The molecule has 0 unspecified atom stereocenters. The van der Waals surface area contributed by atoms with E-state index in [1.807, 2.05) is 6.07 Å². The summed E-state index contributed by atoms with van der Waals surface area (Å²) in [5.41, 5.74) is 2.23. The molecule has 156 valence electrons. The third kappa shape index (κ3) is 5.22. The number of benzene rings is 3. The van der Waals surface area contributed by atoms with Crippen molar-refractivity contribution in [1.82, 2.24) is 0 Å². The van der Waals surface area contributed by atoms with Crippen molar-refractivity contribution in [2.45, 2.75) is 0 Å². The second-order valence-electron chi connectivity index (χ2n) is 6.43. The van der Waals surface area contributed by atoms with Crippen molar-refractivity contribution in [3.8, 4) is 29.1 Å². The van der Waals surface area contributed by atoms with Crippen molar-refractivity contribution in [3.05, 3.63) is 83.4 Å². The van der Waals surface area contributed by atoms with Crippen LogP contribution in [0.2, 0.25) is 0 Å². The minimum Gasteiger partial charge on any atom is -0.497 e. The maximum Gasteiger partial charge on any atom is 0.343 e. The molecular formula is C25H21NO5. The molecule has 0 aliphatic heterocycles. The maximum atomic E-state index is 12.4. The van der Waals surface area contributed by atoms with Crippen LogP contribution >= 0.6 is 0 Å². The van der Waals surface area contributed by atoms with Gasteiger partial charge in [-0.05, 0) is 71.8 Å². The SMILES string of the molecule is COc1ccc(C(=O)Oc2cccc(/C=C(/C#N)c3ccc(OC)c(OC)c3)c2)cc1. The van der Waals surface area contributed by atoms with Crippen molar-refractivity contribution in [2.75, 3.05) is 21.3 Å². The van der Waals surface area contributed by atoms with E-state index in [0.29, 0.717) is 45.3 Å². The van der Waals surface area contributed by atoms with Gasteiger partial charge in [-0.15, -0.1) is 0 Å². The van der Waals surface area contributed by atoms with Crippen LogP contribution in [0, 0.1) is 11.3 Å². The van der Waals surface area contributed by atoms with Gasteiger partial charge in [-0.3, -0.25) is 0 Å². The van der Waals surface area contributed by atoms with E-state index in [1.54, 1.807) is 81.0 Å². The number of carbonyl (C=O) groups excluding carboxylic acids is 1. The van der Waals surface area contributed by atoms with Crippen LogP contribution in [-0.4, -0.2) is 27.3 Å². The molecule has 3 aromatic carbocycles. The zero-order valence-electron chi connectivity index (χ0n) is 17.4. The van der Waals surface area contributed by atoms with Crippen molar-refractivity contribution >= 4 is 17.6 Å². The molecule has 0 aliphatic rings. The molecule has 31 heavy (non-hydrogen) atoms. The summed E-state index contributed by atoms with van der Waals surface area (Å²) in [7, 11) is 4.65. The van der Waals surface area contributed by atoms with Crippen LogP contribution in [0.25, 0.3) is 11.6 Å². The van der Waals surface area contributed by atoms with Gasteiger partial charge in [0.15, 0.2) is 11.5 Å². The predicted molar refractivity (Wildman–Crippen MR) is 117 cm³/mol. The van der Waals surface area contributed by atoms with Crippen LogP contribution in [-0.2, 0) is 0 Å². The molecule has 0 aromatic heterocycles. The van der Waals surface area contributed by atoms with E-state index in [2.05, 4.69) is 6.07 Å². The Bertz CT molecular complexity index is 1140. The smallest absolute Gasteiger partial charge is 0.343 e. The molecule has 0 atom stereocenters. The fourth-order valence-corrected chi connectivity index (χ4v) is 2.91. The van der Waals surface area contributed by atoms with Gasteiger partial charge in [0.05, 0.1) is 38.5 Å². The number of hydrogen-bond acceptors (Lipinski definition) is 6. The van der Waals surface area contributed by atoms with Gasteiger partial charge in [0, 0.05) is 0 Å². The van der Waals surface area contributed by atoms with Crippen LogP contribution in [0.3, 0.4) is 0 Å². The van der Waals surface area contributed by atoms with Gasteiger partial charge in [-0.2, -0.15) is 5.26 Å². The number of rotatable bonds is 7. The average molecular weight is 415 g/mol. The molecule has 0 radical (unpaired) electrons. The third-order valence-corrected chi connectivity index (χ3v) is 4.52. The van der Waals surface area contributed by atoms with Gasteiger partial charge in [-0.25, -0.2) is 4.79 Å². The molecular weight excluding hydrogens is 394 g/mol. The average Bonchev–Trinajstić information content (AvgIpc) is 2.82. The summed E-state index contributed by atoms with van der Waals surface area (Å²) in [6, 6.07) is 21.1. The normalized spacial score (nSPS) is 10.7. The Kier molecular flexibility index (Phi) is 6.92. The number of carbonyl (C=O) groups is 1. The molecule has 0 heterocycles. The topological polar surface area (TPSA) is 77.8 Å². The third-order valence-electron chi connectivity index (χ3n) is 4.52. The highest BCUT2D eigenvalue weighted by Crippen LogP contribution is 2.31. The van der Waals surface area contributed by atoms with Crippen LogP contribution in [0.15, 0.2) is 66.7 Å². The molecule has 0 saturated heterocycles. The number of methoxy groups -OCH3 is 3. The standard InChI is InChI=1S/C25H21NO5/c1-28-21-10-7-18(8-11-21)25(27)31-22-6-4-5-17(14-22)13-20(16-26)19-9-12-23(29-2)24(15-19)30-3/h4-15H,1-3H3/b20-13-. The number of esters is 1. The fraction of sp³-hybridized carbons (Fsp3) is 0.120. The molecule has 6 heteroatoms. The molecule has 0 N–H and O–H groups in total. The van der Waals surface area contributed by atoms with E-state index in [0.717, 1.165) is 0 Å². The number of nitriles is 1. The van der Waals surface area contributed by atoms with E-state index < -0.39 is 5.97 Å². The summed E-state index contributed by atoms with van der Waals surface area (Å²) < 4.78 is 21.1. The highest BCUT2D eigenvalue weighted by atomic mass is 16.5. The van der Waals surface area contributed by atoms with Gasteiger partial charge >= 0.3 is 5.97 Å². The molecule has 0 aliphatic carbocycles. The number of hydrogen-bond donors (Lipinski definition) is 0. The highest BCUT2D eigenvalue weighted by molar-refractivity contribution is 5.92. The van der Waals surface area contributed by atoms with Gasteiger partial charge < -0.3 is 18.9 Å². The maximum absolute atomic E-state index is 12.4. The predicted octanol–water partition coefficient (Wildman–Crippen LogP) is 5.00. The Balaban J connectivity index is 1.83. The lowest BCUT2D eigenvalue weighted by Gasteiger charge is -2.09. The van der Waals surface area contributed by atoms with Crippen LogP contribution in [0.1, 0.15) is 21.5 Å². The highest BCUT2D eigenvalue weighted by Gasteiger charge is 2.11. The largest absolute Gasteiger partial charge is 0.497 e. The van der Waals surface area contributed by atoms with Crippen LogP contribution in [0.4, 0.5) is 0 Å². The molecule has 0 spiro atoms. The Morgan fingerprint density at radius 3 is 2.16 bits per heavy atom. The van der Waals surface area contributed by atoms with Crippen molar-refractivity contribution in [1.29, 1.82) is 5.26 Å². The van der Waals surface area contributed by atoms with Crippen molar-refractivity contribution in [2.24, 2.45) is 0 Å². The first-order valence-electron chi connectivity index (χ1n) is 9.38. The number of ether oxygens (including phenoxy) is 4. The first-order valence-corrected chi connectivity index (χ1v) is 9.38. The molecule has 6 nitrogen and oxygen atoms in total. The Labute approximate surface area is 180 Å². The molecule has 3 aromatic rings. The number of nitrogens with zero attached hydrogens (tertiary/aromatic N) is 1. The number of allylic oxidation sites excluding steroid dienone is 1. The molecule has 0 amide bonds. The molecule has 0 bridgehead atoms. The Morgan fingerprint density at radius 2 is 1.52 bits per heavy atom.